The Morgan fingerprint density at radius 3 is 2.48 bits per heavy atom. The van der Waals surface area contributed by atoms with Crippen LogP contribution in [0.5, 0.6) is 5.75 Å². The number of likely N-dealkylation sites (tertiary alicyclic amines) is 1. The molecule has 5 heteroatoms. The summed E-state index contributed by atoms with van der Waals surface area (Å²) in [6.07, 6.45) is 1.19. The Morgan fingerprint density at radius 1 is 1.29 bits per heavy atom. The Hall–Kier alpha value is -2.04. The molecule has 1 heterocycles. The quantitative estimate of drug-likeness (QED) is 0.923. The highest BCUT2D eigenvalue weighted by Gasteiger charge is 2.45. The number of aryl methyl sites for hydroxylation is 2. The Labute approximate surface area is 124 Å². The number of benzene rings is 1. The van der Waals surface area contributed by atoms with Gasteiger partial charge in [-0.15, -0.1) is 0 Å². The number of rotatable bonds is 4. The summed E-state index contributed by atoms with van der Waals surface area (Å²) >= 11 is 0. The largest absolute Gasteiger partial charge is 0.484 e. The van der Waals surface area contributed by atoms with E-state index in [-0.39, 0.29) is 12.5 Å². The van der Waals surface area contributed by atoms with Crippen LogP contribution in [0.4, 0.5) is 0 Å². The average molecular weight is 291 g/mol. The molecule has 0 radical (unpaired) electrons. The zero-order chi connectivity index (χ0) is 15.6. The summed E-state index contributed by atoms with van der Waals surface area (Å²) in [6.45, 7) is 5.86. The molecule has 1 atom stereocenters. The van der Waals surface area contributed by atoms with Crippen LogP contribution in [0.15, 0.2) is 18.2 Å². The molecule has 1 N–H and O–H groups in total. The van der Waals surface area contributed by atoms with E-state index in [4.69, 9.17) is 4.74 Å². The van der Waals surface area contributed by atoms with Crippen molar-refractivity contribution in [3.8, 4) is 5.75 Å². The van der Waals surface area contributed by atoms with Gasteiger partial charge < -0.3 is 14.7 Å². The van der Waals surface area contributed by atoms with Crippen LogP contribution in [0, 0.1) is 13.8 Å². The van der Waals surface area contributed by atoms with Crippen LogP contribution >= 0.6 is 0 Å². The number of carboxylic acid groups (broad SMARTS) is 1. The van der Waals surface area contributed by atoms with Crippen molar-refractivity contribution in [2.24, 2.45) is 0 Å². The van der Waals surface area contributed by atoms with Crippen molar-refractivity contribution < 1.29 is 19.4 Å². The number of hydrogen-bond donors (Lipinski definition) is 1. The molecule has 2 rings (SSSR count). The lowest BCUT2D eigenvalue weighted by atomic mass is 9.99. The Morgan fingerprint density at radius 2 is 1.90 bits per heavy atom. The number of carbonyl (C=O) groups excluding carboxylic acids is 1. The third-order valence-corrected chi connectivity index (χ3v) is 3.96. The second-order valence-electron chi connectivity index (χ2n) is 5.84. The molecule has 0 aromatic heterocycles. The summed E-state index contributed by atoms with van der Waals surface area (Å²) in [5.74, 6) is -0.603. The van der Waals surface area contributed by atoms with Crippen LogP contribution in [0.1, 0.15) is 30.9 Å². The predicted octanol–water partition coefficient (Wildman–Crippen LogP) is 2.15. The summed E-state index contributed by atoms with van der Waals surface area (Å²) in [6, 6.07) is 5.75. The first kappa shape index (κ1) is 15.4. The summed E-state index contributed by atoms with van der Waals surface area (Å²) in [5, 5.41) is 9.32. The molecular formula is C16H21NO4. The van der Waals surface area contributed by atoms with Crippen LogP contribution in [0.3, 0.4) is 0 Å². The Balaban J connectivity index is 2.03. The van der Waals surface area contributed by atoms with Gasteiger partial charge in [0.15, 0.2) is 6.61 Å². The van der Waals surface area contributed by atoms with Gasteiger partial charge in [-0.3, -0.25) is 4.79 Å². The third kappa shape index (κ3) is 3.17. The SMILES string of the molecule is Cc1cc(C)cc(OCC(=O)N2CCCC2(C)C(=O)O)c1. The monoisotopic (exact) mass is 291 g/mol. The molecule has 1 aromatic carbocycles. The normalized spacial score (nSPS) is 21.4. The second kappa shape index (κ2) is 5.76. The van der Waals surface area contributed by atoms with E-state index in [9.17, 15) is 14.7 Å². The van der Waals surface area contributed by atoms with E-state index in [1.165, 1.54) is 4.90 Å². The first-order valence-corrected chi connectivity index (χ1v) is 7.08. The topological polar surface area (TPSA) is 66.8 Å². The number of amides is 1. The fourth-order valence-corrected chi connectivity index (χ4v) is 2.82. The van der Waals surface area contributed by atoms with Gasteiger partial charge >= 0.3 is 5.97 Å². The minimum Gasteiger partial charge on any atom is -0.484 e. The zero-order valence-electron chi connectivity index (χ0n) is 12.7. The van der Waals surface area contributed by atoms with Crippen molar-refractivity contribution in [2.75, 3.05) is 13.2 Å². The molecule has 0 aliphatic carbocycles. The van der Waals surface area contributed by atoms with E-state index in [1.54, 1.807) is 6.92 Å². The Bertz CT molecular complexity index is 549. The number of aliphatic carboxylic acids is 1. The van der Waals surface area contributed by atoms with Crippen molar-refractivity contribution in [2.45, 2.75) is 39.2 Å². The molecule has 0 spiro atoms. The standard InChI is InChI=1S/C16H21NO4/c1-11-7-12(2)9-13(8-11)21-10-14(18)17-6-4-5-16(17,3)15(19)20/h7-9H,4-6,10H2,1-3H3,(H,19,20). The van der Waals surface area contributed by atoms with Gasteiger partial charge in [0.1, 0.15) is 11.3 Å². The second-order valence-corrected chi connectivity index (χ2v) is 5.84. The minimum absolute atomic E-state index is 0.133. The smallest absolute Gasteiger partial charge is 0.329 e. The number of ether oxygens (including phenoxy) is 1. The van der Waals surface area contributed by atoms with E-state index in [1.807, 2.05) is 32.0 Å². The molecule has 1 amide bonds. The summed E-state index contributed by atoms with van der Waals surface area (Å²) in [4.78, 5) is 25.0. The van der Waals surface area contributed by atoms with Crippen molar-refractivity contribution >= 4 is 11.9 Å². The molecule has 0 bridgehead atoms. The van der Waals surface area contributed by atoms with Gasteiger partial charge in [0, 0.05) is 6.54 Å². The minimum atomic E-state index is -1.11. The molecule has 1 fully saturated rings. The van der Waals surface area contributed by atoms with Gasteiger partial charge in [-0.25, -0.2) is 4.79 Å². The van der Waals surface area contributed by atoms with Crippen LogP contribution in [-0.2, 0) is 9.59 Å². The number of carboxylic acids is 1. The van der Waals surface area contributed by atoms with Gasteiger partial charge in [-0.2, -0.15) is 0 Å². The summed E-state index contributed by atoms with van der Waals surface area (Å²) < 4.78 is 5.53. The van der Waals surface area contributed by atoms with Gasteiger partial charge in [-0.05, 0) is 56.9 Å². The third-order valence-electron chi connectivity index (χ3n) is 3.96. The van der Waals surface area contributed by atoms with Gasteiger partial charge in [-0.1, -0.05) is 6.07 Å². The fraction of sp³-hybridized carbons (Fsp3) is 0.500. The zero-order valence-corrected chi connectivity index (χ0v) is 12.7. The molecule has 1 aromatic rings. The predicted molar refractivity (Wildman–Crippen MR) is 78.4 cm³/mol. The van der Waals surface area contributed by atoms with E-state index in [0.717, 1.165) is 11.1 Å². The maximum Gasteiger partial charge on any atom is 0.329 e. The van der Waals surface area contributed by atoms with Gasteiger partial charge in [0.25, 0.3) is 5.91 Å². The van der Waals surface area contributed by atoms with Crippen LogP contribution < -0.4 is 4.74 Å². The van der Waals surface area contributed by atoms with Crippen LogP contribution in [-0.4, -0.2) is 40.6 Å². The maximum atomic E-state index is 12.2. The maximum absolute atomic E-state index is 12.2. The number of hydrogen-bond acceptors (Lipinski definition) is 3. The number of carbonyl (C=O) groups is 2. The summed E-state index contributed by atoms with van der Waals surface area (Å²) in [7, 11) is 0. The molecule has 1 aliphatic rings. The highest BCUT2D eigenvalue weighted by Crippen LogP contribution is 2.29. The first-order chi connectivity index (χ1) is 9.83. The van der Waals surface area contributed by atoms with Crippen molar-refractivity contribution in [1.82, 2.24) is 4.90 Å². The molecule has 1 aliphatic heterocycles. The highest BCUT2D eigenvalue weighted by atomic mass is 16.5. The fourth-order valence-electron chi connectivity index (χ4n) is 2.82. The Kier molecular flexibility index (Phi) is 4.21. The van der Waals surface area contributed by atoms with Gasteiger partial charge in [0.05, 0.1) is 0 Å². The van der Waals surface area contributed by atoms with Crippen molar-refractivity contribution in [1.29, 1.82) is 0 Å². The van der Waals surface area contributed by atoms with Crippen LogP contribution in [0.2, 0.25) is 0 Å². The average Bonchev–Trinajstić information content (AvgIpc) is 2.78. The molecular weight excluding hydrogens is 270 g/mol. The summed E-state index contributed by atoms with van der Waals surface area (Å²) in [5.41, 5.74) is 1.02. The molecule has 21 heavy (non-hydrogen) atoms. The van der Waals surface area contributed by atoms with E-state index >= 15 is 0 Å². The molecule has 1 saturated heterocycles. The van der Waals surface area contributed by atoms with Crippen molar-refractivity contribution in [3.05, 3.63) is 29.3 Å². The van der Waals surface area contributed by atoms with Gasteiger partial charge in [0.2, 0.25) is 0 Å². The highest BCUT2D eigenvalue weighted by molar-refractivity contribution is 5.88. The molecule has 1 unspecified atom stereocenters. The molecule has 0 saturated carbocycles. The lowest BCUT2D eigenvalue weighted by Gasteiger charge is -2.31. The van der Waals surface area contributed by atoms with E-state index < -0.39 is 11.5 Å². The lowest BCUT2D eigenvalue weighted by Crippen LogP contribution is -2.52. The van der Waals surface area contributed by atoms with Crippen LogP contribution in [0.25, 0.3) is 0 Å². The molecule has 114 valence electrons. The lowest BCUT2D eigenvalue weighted by molar-refractivity contribution is -0.156. The molecule has 5 nitrogen and oxygen atoms in total. The van der Waals surface area contributed by atoms with Crippen molar-refractivity contribution in [3.63, 3.8) is 0 Å². The number of nitrogens with zero attached hydrogens (tertiary/aromatic N) is 1. The first-order valence-electron chi connectivity index (χ1n) is 7.08. The van der Waals surface area contributed by atoms with E-state index in [2.05, 4.69) is 0 Å². The van der Waals surface area contributed by atoms with E-state index in [0.29, 0.717) is 25.1 Å².